The molecule has 1 N–H and O–H groups in total. The summed E-state index contributed by atoms with van der Waals surface area (Å²) in [7, 11) is 0. The van der Waals surface area contributed by atoms with E-state index in [-0.39, 0.29) is 5.78 Å². The van der Waals surface area contributed by atoms with Crippen molar-refractivity contribution in [1.82, 2.24) is 9.53 Å². The summed E-state index contributed by atoms with van der Waals surface area (Å²) < 4.78 is 8.87. The second kappa shape index (κ2) is 4.44. The maximum Gasteiger partial charge on any atom is 0.164 e. The number of nitrogens with zero attached hydrogens (tertiary/aromatic N) is 2. The Balaban J connectivity index is 2.13. The van der Waals surface area contributed by atoms with Gasteiger partial charge in [-0.25, -0.2) is 0 Å². The Bertz CT molecular complexity index is 490. The van der Waals surface area contributed by atoms with Crippen LogP contribution in [0.15, 0.2) is 16.9 Å². The molecule has 0 saturated carbocycles. The van der Waals surface area contributed by atoms with Gasteiger partial charge < -0.3 is 9.84 Å². The molecule has 0 aromatic carbocycles. The Hall–Kier alpha value is -1.69. The lowest BCUT2D eigenvalue weighted by molar-refractivity contribution is 0.101. The quantitative estimate of drug-likeness (QED) is 0.826. The zero-order valence-corrected chi connectivity index (χ0v) is 9.80. The average molecular weight is 237 g/mol. The smallest absolute Gasteiger partial charge is 0.164 e. The van der Waals surface area contributed by atoms with Gasteiger partial charge in [-0.3, -0.25) is 4.79 Å². The number of rotatable bonds is 4. The lowest BCUT2D eigenvalue weighted by Crippen LogP contribution is -2.03. The summed E-state index contributed by atoms with van der Waals surface area (Å²) in [4.78, 5) is 11.4. The normalized spacial score (nSPS) is 10.4. The predicted octanol–water partition coefficient (Wildman–Crippen LogP) is 2.25. The maximum absolute atomic E-state index is 11.4. The van der Waals surface area contributed by atoms with Crippen molar-refractivity contribution >= 4 is 22.3 Å². The van der Waals surface area contributed by atoms with Crippen LogP contribution >= 0.6 is 11.5 Å². The van der Waals surface area contributed by atoms with Crippen molar-refractivity contribution in [3.8, 4) is 0 Å². The van der Waals surface area contributed by atoms with E-state index in [0.717, 1.165) is 16.4 Å². The third kappa shape index (κ3) is 2.11. The first-order valence-corrected chi connectivity index (χ1v) is 5.56. The number of aryl methyl sites for hydroxylation is 1. The van der Waals surface area contributed by atoms with Gasteiger partial charge in [0.05, 0.1) is 17.8 Å². The first-order chi connectivity index (χ1) is 7.68. The molecule has 0 amide bonds. The highest BCUT2D eigenvalue weighted by molar-refractivity contribution is 7.10. The molecule has 0 aliphatic heterocycles. The van der Waals surface area contributed by atoms with Gasteiger partial charge in [-0.2, -0.15) is 4.37 Å². The number of nitrogens with one attached hydrogen (secondary N) is 1. The molecule has 0 bridgehead atoms. The summed E-state index contributed by atoms with van der Waals surface area (Å²) in [6.45, 7) is 3.89. The van der Waals surface area contributed by atoms with Gasteiger partial charge in [0.15, 0.2) is 5.78 Å². The van der Waals surface area contributed by atoms with Crippen molar-refractivity contribution < 1.29 is 9.32 Å². The molecular weight excluding hydrogens is 226 g/mol. The Morgan fingerprint density at radius 2 is 2.44 bits per heavy atom. The first kappa shape index (κ1) is 10.8. The number of carbonyl (C=O) groups is 1. The van der Waals surface area contributed by atoms with Crippen LogP contribution in [0, 0.1) is 6.92 Å². The fourth-order valence-electron chi connectivity index (χ4n) is 1.40. The highest BCUT2D eigenvalue weighted by Gasteiger charge is 2.14. The van der Waals surface area contributed by atoms with Gasteiger partial charge in [-0.05, 0) is 25.4 Å². The summed E-state index contributed by atoms with van der Waals surface area (Å²) in [5, 5.41) is 7.69. The summed E-state index contributed by atoms with van der Waals surface area (Å²) in [5.41, 5.74) is 2.22. The van der Waals surface area contributed by atoms with E-state index in [1.165, 1.54) is 24.7 Å². The fourth-order valence-corrected chi connectivity index (χ4v) is 2.24. The number of aromatic nitrogens is 2. The molecule has 0 spiro atoms. The summed E-state index contributed by atoms with van der Waals surface area (Å²) in [6, 6.07) is 1.77. The molecular formula is C10H11N3O2S. The standard InChI is InChI=1S/C10H11N3O2S/c1-6-9(7(2)14)10(16-13-6)11-5-8-3-4-15-12-8/h3-4,11H,5H2,1-2H3. The van der Waals surface area contributed by atoms with Gasteiger partial charge >= 0.3 is 0 Å². The van der Waals surface area contributed by atoms with Crippen molar-refractivity contribution in [3.63, 3.8) is 0 Å². The van der Waals surface area contributed by atoms with Gasteiger partial charge in [0.1, 0.15) is 17.0 Å². The van der Waals surface area contributed by atoms with Crippen LogP contribution in [0.1, 0.15) is 28.7 Å². The van der Waals surface area contributed by atoms with Gasteiger partial charge in [0, 0.05) is 6.07 Å². The van der Waals surface area contributed by atoms with Crippen LogP contribution in [-0.4, -0.2) is 15.3 Å². The van der Waals surface area contributed by atoms with Gasteiger partial charge in [-0.15, -0.1) is 0 Å². The highest BCUT2D eigenvalue weighted by Crippen LogP contribution is 2.25. The predicted molar refractivity (Wildman–Crippen MR) is 60.7 cm³/mol. The third-order valence-electron chi connectivity index (χ3n) is 2.14. The molecule has 0 radical (unpaired) electrons. The number of hydrogen-bond acceptors (Lipinski definition) is 6. The van der Waals surface area contributed by atoms with E-state index in [4.69, 9.17) is 4.52 Å². The largest absolute Gasteiger partial charge is 0.369 e. The molecule has 84 valence electrons. The number of Topliss-reactive ketones (excluding diaryl/α,β-unsaturated/α-hetero) is 1. The SMILES string of the molecule is CC(=O)c1c(C)nsc1NCc1ccon1. The molecule has 2 heterocycles. The highest BCUT2D eigenvalue weighted by atomic mass is 32.1. The maximum atomic E-state index is 11.4. The molecule has 0 saturated heterocycles. The minimum Gasteiger partial charge on any atom is -0.369 e. The average Bonchev–Trinajstić information content (AvgIpc) is 2.83. The van der Waals surface area contributed by atoms with E-state index >= 15 is 0 Å². The van der Waals surface area contributed by atoms with E-state index in [0.29, 0.717) is 12.1 Å². The number of anilines is 1. The Morgan fingerprint density at radius 3 is 3.06 bits per heavy atom. The molecule has 0 unspecified atom stereocenters. The minimum atomic E-state index is 0.0221. The van der Waals surface area contributed by atoms with E-state index < -0.39 is 0 Å². The number of hydrogen-bond donors (Lipinski definition) is 1. The molecule has 2 aromatic heterocycles. The van der Waals surface area contributed by atoms with Crippen molar-refractivity contribution in [3.05, 3.63) is 29.3 Å². The van der Waals surface area contributed by atoms with Gasteiger partial charge in [0.2, 0.25) is 0 Å². The second-order valence-corrected chi connectivity index (χ2v) is 4.15. The summed E-state index contributed by atoms with van der Waals surface area (Å²) >= 11 is 1.29. The third-order valence-corrected chi connectivity index (χ3v) is 3.03. The van der Waals surface area contributed by atoms with Crippen LogP contribution in [0.5, 0.6) is 0 Å². The van der Waals surface area contributed by atoms with Crippen LogP contribution in [0.4, 0.5) is 5.00 Å². The molecule has 6 heteroatoms. The van der Waals surface area contributed by atoms with Crippen LogP contribution in [-0.2, 0) is 6.54 Å². The van der Waals surface area contributed by atoms with E-state index in [9.17, 15) is 4.79 Å². The molecule has 2 aromatic rings. The van der Waals surface area contributed by atoms with E-state index in [2.05, 4.69) is 14.8 Å². The van der Waals surface area contributed by atoms with E-state index in [1.54, 1.807) is 6.07 Å². The number of ketones is 1. The minimum absolute atomic E-state index is 0.0221. The monoisotopic (exact) mass is 237 g/mol. The van der Waals surface area contributed by atoms with E-state index in [1.807, 2.05) is 6.92 Å². The zero-order chi connectivity index (χ0) is 11.5. The van der Waals surface area contributed by atoms with Crippen LogP contribution in [0.25, 0.3) is 0 Å². The van der Waals surface area contributed by atoms with Crippen molar-refractivity contribution in [2.45, 2.75) is 20.4 Å². The summed E-state index contributed by atoms with van der Waals surface area (Å²) in [6.07, 6.45) is 1.51. The fraction of sp³-hybridized carbons (Fsp3) is 0.300. The molecule has 0 fully saturated rings. The number of carbonyl (C=O) groups excluding carboxylic acids is 1. The van der Waals surface area contributed by atoms with Gasteiger partial charge in [-0.1, -0.05) is 5.16 Å². The van der Waals surface area contributed by atoms with Crippen LogP contribution in [0.3, 0.4) is 0 Å². The molecule has 0 aliphatic carbocycles. The Labute approximate surface area is 96.6 Å². The van der Waals surface area contributed by atoms with Gasteiger partial charge in [0.25, 0.3) is 0 Å². The molecule has 0 atom stereocenters. The topological polar surface area (TPSA) is 68.0 Å². The molecule has 5 nitrogen and oxygen atoms in total. The molecule has 0 aliphatic rings. The lowest BCUT2D eigenvalue weighted by atomic mass is 10.2. The van der Waals surface area contributed by atoms with Crippen LogP contribution in [0.2, 0.25) is 0 Å². The lowest BCUT2D eigenvalue weighted by Gasteiger charge is -2.02. The van der Waals surface area contributed by atoms with Crippen molar-refractivity contribution in [2.75, 3.05) is 5.32 Å². The molecule has 2 rings (SSSR count). The summed E-state index contributed by atoms with van der Waals surface area (Å²) in [5.74, 6) is 0.0221. The Morgan fingerprint density at radius 1 is 1.62 bits per heavy atom. The second-order valence-electron chi connectivity index (χ2n) is 3.37. The first-order valence-electron chi connectivity index (χ1n) is 4.79. The van der Waals surface area contributed by atoms with Crippen molar-refractivity contribution in [2.24, 2.45) is 0 Å². The zero-order valence-electron chi connectivity index (χ0n) is 8.98. The van der Waals surface area contributed by atoms with Crippen LogP contribution < -0.4 is 5.32 Å². The molecule has 16 heavy (non-hydrogen) atoms. The van der Waals surface area contributed by atoms with Crippen molar-refractivity contribution in [1.29, 1.82) is 0 Å². The Kier molecular flexibility index (Phi) is 3.00.